The Morgan fingerprint density at radius 3 is 2.09 bits per heavy atom. The highest BCUT2D eigenvalue weighted by Crippen LogP contribution is 2.44. The van der Waals surface area contributed by atoms with Crippen molar-refractivity contribution in [2.75, 3.05) is 6.61 Å². The summed E-state index contributed by atoms with van der Waals surface area (Å²) in [7, 11) is 0. The van der Waals surface area contributed by atoms with E-state index in [1.165, 1.54) is 22.3 Å². The van der Waals surface area contributed by atoms with Crippen molar-refractivity contribution in [1.82, 2.24) is 5.32 Å². The number of carbonyl (C=O) groups is 1. The van der Waals surface area contributed by atoms with Crippen molar-refractivity contribution < 1.29 is 9.53 Å². The minimum Gasteiger partial charge on any atom is -0.449 e. The molecule has 1 amide bonds. The Morgan fingerprint density at radius 2 is 1.57 bits per heavy atom. The largest absolute Gasteiger partial charge is 0.449 e. The maximum Gasteiger partial charge on any atom is 0.407 e. The van der Waals surface area contributed by atoms with Gasteiger partial charge in [-0.1, -0.05) is 55.5 Å². The summed E-state index contributed by atoms with van der Waals surface area (Å²) in [5, 5.41) is 2.92. The Bertz CT molecular complexity index is 676. The summed E-state index contributed by atoms with van der Waals surface area (Å²) in [6.45, 7) is 6.40. The topological polar surface area (TPSA) is 38.3 Å². The van der Waals surface area contributed by atoms with Gasteiger partial charge in [0.1, 0.15) is 6.61 Å². The smallest absolute Gasteiger partial charge is 0.407 e. The Balaban J connectivity index is 1.77. The molecule has 3 rings (SSSR count). The first-order valence-electron chi connectivity index (χ1n) is 8.15. The molecule has 2 aromatic carbocycles. The molecule has 23 heavy (non-hydrogen) atoms. The van der Waals surface area contributed by atoms with E-state index >= 15 is 0 Å². The van der Waals surface area contributed by atoms with E-state index < -0.39 is 0 Å². The van der Waals surface area contributed by atoms with Crippen LogP contribution < -0.4 is 5.32 Å². The van der Waals surface area contributed by atoms with Gasteiger partial charge >= 0.3 is 6.09 Å². The van der Waals surface area contributed by atoms with Crippen LogP contribution in [0, 0.1) is 0 Å². The number of fused-ring (bicyclic) bond motifs is 3. The zero-order valence-corrected chi connectivity index (χ0v) is 13.9. The third-order valence-electron chi connectivity index (χ3n) is 4.67. The number of amides is 1. The van der Waals surface area contributed by atoms with E-state index in [0.717, 1.165) is 6.42 Å². The van der Waals surface area contributed by atoms with Gasteiger partial charge in [-0.25, -0.2) is 4.79 Å². The van der Waals surface area contributed by atoms with Gasteiger partial charge in [0.25, 0.3) is 0 Å². The molecule has 0 heterocycles. The summed E-state index contributed by atoms with van der Waals surface area (Å²) in [5.41, 5.74) is 4.70. The number of rotatable bonds is 4. The van der Waals surface area contributed by atoms with Crippen LogP contribution in [0.25, 0.3) is 11.1 Å². The van der Waals surface area contributed by atoms with Crippen LogP contribution in [0.1, 0.15) is 44.2 Å². The van der Waals surface area contributed by atoms with E-state index in [4.69, 9.17) is 4.74 Å². The SMILES string of the molecule is CCC(C)(C)NC(=O)OCC1c2ccccc2-c2ccccc21. The van der Waals surface area contributed by atoms with Gasteiger partial charge in [0.2, 0.25) is 0 Å². The lowest BCUT2D eigenvalue weighted by Gasteiger charge is -2.24. The Morgan fingerprint density at radius 1 is 1.04 bits per heavy atom. The third-order valence-corrected chi connectivity index (χ3v) is 4.67. The molecule has 0 atom stereocenters. The number of ether oxygens (including phenoxy) is 1. The molecule has 120 valence electrons. The fourth-order valence-corrected chi connectivity index (χ4v) is 3.00. The van der Waals surface area contributed by atoms with Crippen LogP contribution in [0.4, 0.5) is 4.79 Å². The van der Waals surface area contributed by atoms with Crippen molar-refractivity contribution in [3.05, 3.63) is 59.7 Å². The predicted molar refractivity (Wildman–Crippen MR) is 92.6 cm³/mol. The molecule has 0 fully saturated rings. The first kappa shape index (κ1) is 15.6. The molecule has 0 saturated heterocycles. The number of hydrogen-bond donors (Lipinski definition) is 1. The standard InChI is InChI=1S/C20H23NO2/c1-4-20(2,3)21-19(22)23-13-18-16-11-7-5-9-14(16)15-10-6-8-12-17(15)18/h5-12,18H,4,13H2,1-3H3,(H,21,22). The van der Waals surface area contributed by atoms with Gasteiger partial charge in [-0.15, -0.1) is 0 Å². The van der Waals surface area contributed by atoms with Crippen molar-refractivity contribution in [1.29, 1.82) is 0 Å². The van der Waals surface area contributed by atoms with Crippen molar-refractivity contribution in [2.24, 2.45) is 0 Å². The predicted octanol–water partition coefficient (Wildman–Crippen LogP) is 4.71. The summed E-state index contributed by atoms with van der Waals surface area (Å²) in [6.07, 6.45) is 0.510. The molecule has 0 aromatic heterocycles. The van der Waals surface area contributed by atoms with Crippen LogP contribution >= 0.6 is 0 Å². The second-order valence-corrected chi connectivity index (χ2v) is 6.69. The molecule has 1 aliphatic carbocycles. The lowest BCUT2D eigenvalue weighted by Crippen LogP contribution is -2.43. The van der Waals surface area contributed by atoms with Crippen LogP contribution in [0.15, 0.2) is 48.5 Å². The first-order valence-corrected chi connectivity index (χ1v) is 8.15. The van der Waals surface area contributed by atoms with E-state index in [9.17, 15) is 4.79 Å². The van der Waals surface area contributed by atoms with E-state index in [2.05, 4.69) is 41.7 Å². The molecule has 1 aliphatic rings. The summed E-state index contributed by atoms with van der Waals surface area (Å²) in [6, 6.07) is 16.7. The molecular weight excluding hydrogens is 286 g/mol. The second kappa shape index (κ2) is 6.07. The van der Waals surface area contributed by atoms with E-state index in [1.807, 2.05) is 32.9 Å². The maximum absolute atomic E-state index is 12.1. The monoisotopic (exact) mass is 309 g/mol. The normalized spacial score (nSPS) is 13.3. The van der Waals surface area contributed by atoms with Gasteiger partial charge in [0.05, 0.1) is 0 Å². The number of nitrogens with one attached hydrogen (secondary N) is 1. The minimum atomic E-state index is -0.348. The van der Waals surface area contributed by atoms with Crippen LogP contribution in [-0.4, -0.2) is 18.2 Å². The zero-order chi connectivity index (χ0) is 16.4. The molecule has 2 aromatic rings. The molecular formula is C20H23NO2. The van der Waals surface area contributed by atoms with E-state index in [1.54, 1.807) is 0 Å². The number of hydrogen-bond acceptors (Lipinski definition) is 2. The molecule has 0 spiro atoms. The van der Waals surface area contributed by atoms with Gasteiger partial charge < -0.3 is 10.1 Å². The van der Waals surface area contributed by atoms with Gasteiger partial charge in [0.15, 0.2) is 0 Å². The van der Waals surface area contributed by atoms with Crippen LogP contribution in [0.2, 0.25) is 0 Å². The third kappa shape index (κ3) is 3.09. The van der Waals surface area contributed by atoms with Crippen molar-refractivity contribution in [3.63, 3.8) is 0 Å². The van der Waals surface area contributed by atoms with Gasteiger partial charge in [-0.05, 0) is 42.5 Å². The van der Waals surface area contributed by atoms with Crippen LogP contribution in [0.3, 0.4) is 0 Å². The zero-order valence-electron chi connectivity index (χ0n) is 13.9. The quantitative estimate of drug-likeness (QED) is 0.888. The molecule has 0 radical (unpaired) electrons. The first-order chi connectivity index (χ1) is 11.0. The molecule has 0 bridgehead atoms. The number of carbonyl (C=O) groups excluding carboxylic acids is 1. The average Bonchev–Trinajstić information content (AvgIpc) is 2.87. The van der Waals surface area contributed by atoms with E-state index in [-0.39, 0.29) is 17.6 Å². The number of alkyl carbamates (subject to hydrolysis) is 1. The molecule has 3 nitrogen and oxygen atoms in total. The number of benzene rings is 2. The highest BCUT2D eigenvalue weighted by Gasteiger charge is 2.29. The lowest BCUT2D eigenvalue weighted by atomic mass is 9.98. The minimum absolute atomic E-state index is 0.109. The summed E-state index contributed by atoms with van der Waals surface area (Å²) in [5.74, 6) is 0.109. The highest BCUT2D eigenvalue weighted by molar-refractivity contribution is 5.79. The molecule has 0 aliphatic heterocycles. The average molecular weight is 309 g/mol. The lowest BCUT2D eigenvalue weighted by molar-refractivity contribution is 0.132. The Labute approximate surface area is 137 Å². The van der Waals surface area contributed by atoms with Crippen molar-refractivity contribution >= 4 is 6.09 Å². The summed E-state index contributed by atoms with van der Waals surface area (Å²) >= 11 is 0. The molecule has 3 heteroatoms. The fourth-order valence-electron chi connectivity index (χ4n) is 3.00. The van der Waals surface area contributed by atoms with Crippen LogP contribution in [0.5, 0.6) is 0 Å². The molecule has 1 N–H and O–H groups in total. The fraction of sp³-hybridized carbons (Fsp3) is 0.350. The van der Waals surface area contributed by atoms with Crippen molar-refractivity contribution in [2.45, 2.75) is 38.6 Å². The molecule has 0 saturated carbocycles. The summed E-state index contributed by atoms with van der Waals surface area (Å²) < 4.78 is 5.53. The van der Waals surface area contributed by atoms with Gasteiger partial charge in [-0.2, -0.15) is 0 Å². The van der Waals surface area contributed by atoms with E-state index in [0.29, 0.717) is 6.61 Å². The van der Waals surface area contributed by atoms with Gasteiger partial charge in [-0.3, -0.25) is 0 Å². The molecule has 0 unspecified atom stereocenters. The van der Waals surface area contributed by atoms with Gasteiger partial charge in [0, 0.05) is 11.5 Å². The Kier molecular flexibility index (Phi) is 4.12. The van der Waals surface area contributed by atoms with Crippen molar-refractivity contribution in [3.8, 4) is 11.1 Å². The highest BCUT2D eigenvalue weighted by atomic mass is 16.5. The van der Waals surface area contributed by atoms with Crippen LogP contribution in [-0.2, 0) is 4.74 Å². The summed E-state index contributed by atoms with van der Waals surface area (Å²) in [4.78, 5) is 12.1. The maximum atomic E-state index is 12.1. The Hall–Kier alpha value is -2.29. The second-order valence-electron chi connectivity index (χ2n) is 6.69.